The van der Waals surface area contributed by atoms with E-state index in [1.165, 1.54) is 45.1 Å². The lowest BCUT2D eigenvalue weighted by Gasteiger charge is -2.39. The van der Waals surface area contributed by atoms with E-state index in [4.69, 9.17) is 4.74 Å². The average molecular weight is 239 g/mol. The van der Waals surface area contributed by atoms with Crippen LogP contribution >= 0.6 is 0 Å². The molecule has 0 aromatic heterocycles. The largest absolute Gasteiger partial charge is 0.381 e. The monoisotopic (exact) mass is 239 g/mol. The number of rotatable bonds is 4. The number of hydrogen-bond acceptors (Lipinski definition) is 2. The summed E-state index contributed by atoms with van der Waals surface area (Å²) in [5.41, 5.74) is 0. The van der Waals surface area contributed by atoms with Crippen molar-refractivity contribution in [2.24, 2.45) is 17.8 Å². The molecule has 100 valence electrons. The van der Waals surface area contributed by atoms with Crippen molar-refractivity contribution in [1.29, 1.82) is 0 Å². The van der Waals surface area contributed by atoms with Crippen molar-refractivity contribution in [3.8, 4) is 0 Å². The van der Waals surface area contributed by atoms with Gasteiger partial charge in [0.2, 0.25) is 0 Å². The summed E-state index contributed by atoms with van der Waals surface area (Å²) in [4.78, 5) is 0. The van der Waals surface area contributed by atoms with Crippen molar-refractivity contribution in [3.63, 3.8) is 0 Å². The lowest BCUT2D eigenvalue weighted by atomic mass is 9.70. The number of nitrogens with one attached hydrogen (secondary N) is 1. The molecule has 0 bridgehead atoms. The lowest BCUT2D eigenvalue weighted by molar-refractivity contribution is 0.0230. The first-order valence-electron chi connectivity index (χ1n) is 7.58. The molecule has 0 amide bonds. The first kappa shape index (κ1) is 13.4. The fourth-order valence-corrected chi connectivity index (χ4v) is 3.64. The maximum Gasteiger partial charge on any atom is 0.0468 e. The van der Waals surface area contributed by atoms with Crippen molar-refractivity contribution in [2.45, 2.75) is 58.4 Å². The van der Waals surface area contributed by atoms with Crippen molar-refractivity contribution >= 4 is 0 Å². The minimum atomic E-state index is 0.632. The molecule has 2 fully saturated rings. The molecule has 2 nitrogen and oxygen atoms in total. The smallest absolute Gasteiger partial charge is 0.0468 e. The van der Waals surface area contributed by atoms with Crippen LogP contribution in [0.2, 0.25) is 0 Å². The maximum atomic E-state index is 5.51. The van der Waals surface area contributed by atoms with E-state index in [1.54, 1.807) is 0 Å². The van der Waals surface area contributed by atoms with Crippen LogP contribution in [0, 0.1) is 17.8 Å². The summed E-state index contributed by atoms with van der Waals surface area (Å²) < 4.78 is 5.51. The third kappa shape index (κ3) is 3.96. The molecule has 2 aliphatic rings. The molecule has 1 saturated carbocycles. The van der Waals surface area contributed by atoms with E-state index < -0.39 is 0 Å². The van der Waals surface area contributed by atoms with Crippen LogP contribution in [0.3, 0.4) is 0 Å². The molecule has 1 heterocycles. The van der Waals surface area contributed by atoms with Gasteiger partial charge >= 0.3 is 0 Å². The minimum absolute atomic E-state index is 0.632. The Labute approximate surface area is 107 Å². The molecule has 0 spiro atoms. The van der Waals surface area contributed by atoms with Crippen molar-refractivity contribution in [2.75, 3.05) is 19.8 Å². The van der Waals surface area contributed by atoms with E-state index in [-0.39, 0.29) is 0 Å². The van der Waals surface area contributed by atoms with Gasteiger partial charge in [-0.3, -0.25) is 0 Å². The second kappa shape index (κ2) is 6.75. The molecule has 1 N–H and O–H groups in total. The van der Waals surface area contributed by atoms with Gasteiger partial charge in [-0.25, -0.2) is 0 Å². The average Bonchev–Trinajstić information content (AvgIpc) is 2.38. The SMILES string of the molecule is CC(C)NCC1CCCCC1C1CCOCC1. The summed E-state index contributed by atoms with van der Waals surface area (Å²) in [6, 6.07) is 0.632. The summed E-state index contributed by atoms with van der Waals surface area (Å²) in [6.07, 6.45) is 8.44. The van der Waals surface area contributed by atoms with Crippen LogP contribution in [0.5, 0.6) is 0 Å². The molecule has 0 radical (unpaired) electrons. The summed E-state index contributed by atoms with van der Waals surface area (Å²) >= 11 is 0. The predicted octanol–water partition coefficient (Wildman–Crippen LogP) is 3.22. The Morgan fingerprint density at radius 1 is 1.06 bits per heavy atom. The fraction of sp³-hybridized carbons (Fsp3) is 1.00. The molecule has 0 aromatic rings. The van der Waals surface area contributed by atoms with E-state index in [0.29, 0.717) is 6.04 Å². The Kier molecular flexibility index (Phi) is 5.30. The standard InChI is InChI=1S/C15H29NO/c1-12(2)16-11-14-5-3-4-6-15(14)13-7-9-17-10-8-13/h12-16H,3-11H2,1-2H3. The van der Waals surface area contributed by atoms with E-state index >= 15 is 0 Å². The van der Waals surface area contributed by atoms with Crippen LogP contribution in [0.15, 0.2) is 0 Å². The minimum Gasteiger partial charge on any atom is -0.381 e. The van der Waals surface area contributed by atoms with Gasteiger partial charge in [0, 0.05) is 19.3 Å². The van der Waals surface area contributed by atoms with Gasteiger partial charge in [-0.2, -0.15) is 0 Å². The van der Waals surface area contributed by atoms with Crippen LogP contribution in [0.4, 0.5) is 0 Å². The van der Waals surface area contributed by atoms with Gasteiger partial charge < -0.3 is 10.1 Å². The van der Waals surface area contributed by atoms with Crippen LogP contribution in [0.1, 0.15) is 52.4 Å². The third-order valence-electron chi connectivity index (χ3n) is 4.63. The number of ether oxygens (including phenoxy) is 1. The Morgan fingerprint density at radius 3 is 2.47 bits per heavy atom. The zero-order valence-electron chi connectivity index (χ0n) is 11.6. The highest BCUT2D eigenvalue weighted by Gasteiger charge is 2.32. The van der Waals surface area contributed by atoms with Gasteiger partial charge in [-0.15, -0.1) is 0 Å². The van der Waals surface area contributed by atoms with Gasteiger partial charge in [0.05, 0.1) is 0 Å². The zero-order chi connectivity index (χ0) is 12.1. The van der Waals surface area contributed by atoms with E-state index in [0.717, 1.165) is 31.0 Å². The normalized spacial score (nSPS) is 31.9. The van der Waals surface area contributed by atoms with Crippen LogP contribution in [-0.2, 0) is 4.74 Å². The Morgan fingerprint density at radius 2 is 1.76 bits per heavy atom. The Balaban J connectivity index is 1.86. The summed E-state index contributed by atoms with van der Waals surface area (Å²) in [7, 11) is 0. The van der Waals surface area contributed by atoms with E-state index in [9.17, 15) is 0 Å². The highest BCUT2D eigenvalue weighted by Crippen LogP contribution is 2.39. The van der Waals surface area contributed by atoms with Gasteiger partial charge in [0.1, 0.15) is 0 Å². The van der Waals surface area contributed by atoms with Crippen LogP contribution < -0.4 is 5.32 Å². The molecule has 1 aliphatic carbocycles. The van der Waals surface area contributed by atoms with E-state index in [2.05, 4.69) is 19.2 Å². The molecule has 17 heavy (non-hydrogen) atoms. The zero-order valence-corrected chi connectivity index (χ0v) is 11.6. The summed E-state index contributed by atoms with van der Waals surface area (Å²) in [6.45, 7) is 7.76. The topological polar surface area (TPSA) is 21.3 Å². The Bertz CT molecular complexity index is 211. The van der Waals surface area contributed by atoms with Gasteiger partial charge in [0.15, 0.2) is 0 Å². The lowest BCUT2D eigenvalue weighted by Crippen LogP contribution is -2.38. The predicted molar refractivity (Wildman–Crippen MR) is 72.1 cm³/mol. The first-order valence-corrected chi connectivity index (χ1v) is 7.58. The van der Waals surface area contributed by atoms with Crippen LogP contribution in [-0.4, -0.2) is 25.8 Å². The summed E-state index contributed by atoms with van der Waals surface area (Å²) in [5.74, 6) is 2.84. The molecule has 2 atom stereocenters. The van der Waals surface area contributed by atoms with E-state index in [1.807, 2.05) is 0 Å². The first-order chi connectivity index (χ1) is 8.27. The van der Waals surface area contributed by atoms with Crippen LogP contribution in [0.25, 0.3) is 0 Å². The molecule has 0 aromatic carbocycles. The Hall–Kier alpha value is -0.0800. The molecule has 2 rings (SSSR count). The number of hydrogen-bond donors (Lipinski definition) is 1. The van der Waals surface area contributed by atoms with Gasteiger partial charge in [-0.1, -0.05) is 26.7 Å². The highest BCUT2D eigenvalue weighted by molar-refractivity contribution is 4.83. The molecule has 2 heteroatoms. The van der Waals surface area contributed by atoms with Crippen molar-refractivity contribution in [1.82, 2.24) is 5.32 Å². The second-order valence-corrected chi connectivity index (χ2v) is 6.22. The maximum absolute atomic E-state index is 5.51. The molecule has 2 unspecified atom stereocenters. The fourth-order valence-electron chi connectivity index (χ4n) is 3.64. The highest BCUT2D eigenvalue weighted by atomic mass is 16.5. The third-order valence-corrected chi connectivity index (χ3v) is 4.63. The summed E-state index contributed by atoms with van der Waals surface area (Å²) in [5, 5.41) is 3.65. The molecule has 1 aliphatic heterocycles. The molecule has 1 saturated heterocycles. The van der Waals surface area contributed by atoms with Gasteiger partial charge in [-0.05, 0) is 50.0 Å². The molecular formula is C15H29NO. The quantitative estimate of drug-likeness (QED) is 0.813. The van der Waals surface area contributed by atoms with Crippen molar-refractivity contribution < 1.29 is 4.74 Å². The van der Waals surface area contributed by atoms with Crippen molar-refractivity contribution in [3.05, 3.63) is 0 Å². The molecular weight excluding hydrogens is 210 g/mol. The van der Waals surface area contributed by atoms with Gasteiger partial charge in [0.25, 0.3) is 0 Å². The second-order valence-electron chi connectivity index (χ2n) is 6.22.